The van der Waals surface area contributed by atoms with Gasteiger partial charge in [0, 0.05) is 12.8 Å². The molecule has 0 aliphatic heterocycles. The predicted molar refractivity (Wildman–Crippen MR) is 83.6 cm³/mol. The quantitative estimate of drug-likeness (QED) is 0.631. The summed E-state index contributed by atoms with van der Waals surface area (Å²) in [6.07, 6.45) is 7.19. The fourth-order valence-electron chi connectivity index (χ4n) is 3.74. The van der Waals surface area contributed by atoms with Crippen LogP contribution in [0.3, 0.4) is 0 Å². The van der Waals surface area contributed by atoms with Crippen molar-refractivity contribution in [2.75, 3.05) is 0 Å². The standard InChI is InChI=1S/C18H30O2/c1-13(2)11-18(12-14(3)4)10-9-17(20)16(18)8-6-7-15(5)19/h8,13-14H,6-7,9-12H2,1-5H3/b16-8+. The number of allylic oxidation sites excluding steroid dienone is 2. The van der Waals surface area contributed by atoms with E-state index in [1.165, 1.54) is 0 Å². The van der Waals surface area contributed by atoms with Crippen molar-refractivity contribution in [2.45, 2.75) is 73.1 Å². The third-order valence-corrected chi connectivity index (χ3v) is 4.15. The first-order valence-corrected chi connectivity index (χ1v) is 8.00. The summed E-state index contributed by atoms with van der Waals surface area (Å²) in [7, 11) is 0. The Balaban J connectivity index is 2.98. The molecule has 1 aliphatic carbocycles. The molecule has 0 amide bonds. The Labute approximate surface area is 124 Å². The van der Waals surface area contributed by atoms with E-state index in [9.17, 15) is 9.59 Å². The van der Waals surface area contributed by atoms with Crippen LogP contribution in [-0.4, -0.2) is 11.6 Å². The lowest BCUT2D eigenvalue weighted by Crippen LogP contribution is -2.25. The molecule has 1 aliphatic rings. The van der Waals surface area contributed by atoms with Crippen molar-refractivity contribution in [3.05, 3.63) is 11.6 Å². The van der Waals surface area contributed by atoms with E-state index < -0.39 is 0 Å². The maximum absolute atomic E-state index is 12.3. The fraction of sp³-hybridized carbons (Fsp3) is 0.778. The number of carbonyl (C=O) groups excluding carboxylic acids is 2. The van der Waals surface area contributed by atoms with E-state index in [1.54, 1.807) is 6.92 Å². The molecule has 2 nitrogen and oxygen atoms in total. The van der Waals surface area contributed by atoms with Crippen molar-refractivity contribution >= 4 is 11.6 Å². The Hall–Kier alpha value is -0.920. The molecule has 0 atom stereocenters. The van der Waals surface area contributed by atoms with Crippen LogP contribution in [0, 0.1) is 17.3 Å². The summed E-state index contributed by atoms with van der Waals surface area (Å²) in [5.74, 6) is 1.70. The third kappa shape index (κ3) is 4.57. The summed E-state index contributed by atoms with van der Waals surface area (Å²) in [6, 6.07) is 0. The molecule has 0 aromatic rings. The lowest BCUT2D eigenvalue weighted by molar-refractivity contribution is -0.117. The van der Waals surface area contributed by atoms with E-state index in [1.807, 2.05) is 0 Å². The van der Waals surface area contributed by atoms with Gasteiger partial charge in [-0.3, -0.25) is 4.79 Å². The van der Waals surface area contributed by atoms with E-state index in [4.69, 9.17) is 0 Å². The van der Waals surface area contributed by atoms with Crippen molar-refractivity contribution in [3.63, 3.8) is 0 Å². The highest BCUT2D eigenvalue weighted by Crippen LogP contribution is 2.50. The molecule has 0 aromatic carbocycles. The molecule has 20 heavy (non-hydrogen) atoms. The fourth-order valence-corrected chi connectivity index (χ4v) is 3.74. The second kappa shape index (κ2) is 7.19. The van der Waals surface area contributed by atoms with Crippen LogP contribution in [-0.2, 0) is 9.59 Å². The first-order chi connectivity index (χ1) is 9.27. The predicted octanol–water partition coefficient (Wildman–Crippen LogP) is 4.72. The molecule has 1 rings (SSSR count). The Morgan fingerprint density at radius 2 is 1.75 bits per heavy atom. The van der Waals surface area contributed by atoms with Gasteiger partial charge in [-0.1, -0.05) is 33.8 Å². The van der Waals surface area contributed by atoms with Gasteiger partial charge in [-0.2, -0.15) is 0 Å². The molecular weight excluding hydrogens is 248 g/mol. The first-order valence-electron chi connectivity index (χ1n) is 8.00. The van der Waals surface area contributed by atoms with Crippen LogP contribution in [0.25, 0.3) is 0 Å². The Bertz CT molecular complexity index is 378. The summed E-state index contributed by atoms with van der Waals surface area (Å²) in [5, 5.41) is 0. The maximum atomic E-state index is 12.3. The highest BCUT2D eigenvalue weighted by Gasteiger charge is 2.43. The molecule has 0 bridgehead atoms. The molecule has 1 saturated carbocycles. The molecule has 0 radical (unpaired) electrons. The Morgan fingerprint density at radius 1 is 1.20 bits per heavy atom. The largest absolute Gasteiger partial charge is 0.300 e. The van der Waals surface area contributed by atoms with Crippen LogP contribution in [0.15, 0.2) is 11.6 Å². The van der Waals surface area contributed by atoms with Crippen LogP contribution in [0.2, 0.25) is 0 Å². The summed E-state index contributed by atoms with van der Waals surface area (Å²) < 4.78 is 0. The van der Waals surface area contributed by atoms with Crippen molar-refractivity contribution in [3.8, 4) is 0 Å². The molecular formula is C18H30O2. The maximum Gasteiger partial charge on any atom is 0.159 e. The summed E-state index contributed by atoms with van der Waals surface area (Å²) in [5.41, 5.74) is 1.09. The number of ketones is 2. The highest BCUT2D eigenvalue weighted by atomic mass is 16.1. The molecule has 114 valence electrons. The van der Waals surface area contributed by atoms with Crippen LogP contribution < -0.4 is 0 Å². The van der Waals surface area contributed by atoms with E-state index in [0.717, 1.165) is 24.8 Å². The molecule has 0 saturated heterocycles. The number of rotatable bonds is 7. The highest BCUT2D eigenvalue weighted by molar-refractivity contribution is 5.99. The molecule has 0 unspecified atom stereocenters. The Kier molecular flexibility index (Phi) is 6.16. The van der Waals surface area contributed by atoms with Gasteiger partial charge in [0.25, 0.3) is 0 Å². The van der Waals surface area contributed by atoms with Gasteiger partial charge < -0.3 is 4.79 Å². The summed E-state index contributed by atoms with van der Waals surface area (Å²) >= 11 is 0. The zero-order valence-corrected chi connectivity index (χ0v) is 13.8. The number of hydrogen-bond acceptors (Lipinski definition) is 2. The SMILES string of the molecule is CC(=O)CC/C=C1\C(=O)CCC1(CC(C)C)CC(C)C. The van der Waals surface area contributed by atoms with Gasteiger partial charge in [-0.25, -0.2) is 0 Å². The molecule has 1 fully saturated rings. The topological polar surface area (TPSA) is 34.1 Å². The zero-order valence-electron chi connectivity index (χ0n) is 13.8. The Morgan fingerprint density at radius 3 is 2.20 bits per heavy atom. The van der Waals surface area contributed by atoms with Gasteiger partial charge in [-0.15, -0.1) is 0 Å². The second-order valence-corrected chi connectivity index (χ2v) is 7.26. The van der Waals surface area contributed by atoms with Crippen LogP contribution in [0.5, 0.6) is 0 Å². The van der Waals surface area contributed by atoms with Crippen molar-refractivity contribution in [1.82, 2.24) is 0 Å². The van der Waals surface area contributed by atoms with Gasteiger partial charge in [0.2, 0.25) is 0 Å². The number of Topliss-reactive ketones (excluding diaryl/α,β-unsaturated/α-hetero) is 2. The molecule has 0 N–H and O–H groups in total. The normalized spacial score (nSPS) is 20.4. The molecule has 2 heteroatoms. The summed E-state index contributed by atoms with van der Waals surface area (Å²) in [4.78, 5) is 23.4. The lowest BCUT2D eigenvalue weighted by Gasteiger charge is -2.34. The van der Waals surface area contributed by atoms with E-state index in [-0.39, 0.29) is 11.2 Å². The van der Waals surface area contributed by atoms with Gasteiger partial charge in [0.1, 0.15) is 5.78 Å². The van der Waals surface area contributed by atoms with Crippen molar-refractivity contribution < 1.29 is 9.59 Å². The number of hydrogen-bond donors (Lipinski definition) is 0. The molecule has 0 heterocycles. The van der Waals surface area contributed by atoms with E-state index >= 15 is 0 Å². The number of carbonyl (C=O) groups is 2. The van der Waals surface area contributed by atoms with Gasteiger partial charge >= 0.3 is 0 Å². The van der Waals surface area contributed by atoms with Gasteiger partial charge in [0.05, 0.1) is 0 Å². The minimum absolute atomic E-state index is 0.0657. The average Bonchev–Trinajstić information content (AvgIpc) is 2.55. The first kappa shape index (κ1) is 17.1. The minimum Gasteiger partial charge on any atom is -0.300 e. The zero-order chi connectivity index (χ0) is 15.3. The monoisotopic (exact) mass is 278 g/mol. The van der Waals surface area contributed by atoms with Crippen LogP contribution >= 0.6 is 0 Å². The van der Waals surface area contributed by atoms with Crippen molar-refractivity contribution in [2.24, 2.45) is 17.3 Å². The summed E-state index contributed by atoms with van der Waals surface area (Å²) in [6.45, 7) is 10.6. The van der Waals surface area contributed by atoms with E-state index in [0.29, 0.717) is 36.9 Å². The molecule has 0 aromatic heterocycles. The van der Waals surface area contributed by atoms with Crippen LogP contribution in [0.4, 0.5) is 0 Å². The average molecular weight is 278 g/mol. The minimum atomic E-state index is 0.0657. The smallest absolute Gasteiger partial charge is 0.159 e. The van der Waals surface area contributed by atoms with Crippen molar-refractivity contribution in [1.29, 1.82) is 0 Å². The van der Waals surface area contributed by atoms with E-state index in [2.05, 4.69) is 33.8 Å². The van der Waals surface area contributed by atoms with Gasteiger partial charge in [-0.05, 0) is 55.4 Å². The second-order valence-electron chi connectivity index (χ2n) is 7.26. The van der Waals surface area contributed by atoms with Gasteiger partial charge in [0.15, 0.2) is 5.78 Å². The lowest BCUT2D eigenvalue weighted by atomic mass is 9.70. The van der Waals surface area contributed by atoms with Crippen LogP contribution in [0.1, 0.15) is 73.1 Å². The third-order valence-electron chi connectivity index (χ3n) is 4.15. The molecule has 0 spiro atoms.